The molecule has 210 valence electrons. The molecule has 0 aliphatic carbocycles. The molecule has 7 nitrogen and oxygen atoms in total. The standard InChI is InChI=1S/C29H29BrF3N5O2/c1-18-16-36(12-13-37(18)22-6-8-23(9-7-22)40-29(3,32)33)25-10-4-20(14-24(25)31)15-34-28(39)27-19(2)35-26-11-5-21(30)17-38(26)27/h4-11,14,17-18H,12-13,15-16H2,1-3H3,(H,34,39)/t18-/m0/s1. The SMILES string of the molecule is Cc1nc2ccc(Br)cn2c1C(=O)NCc1ccc(N2CCN(c3ccc(OC(C)(F)F)cc3)[C@@H](C)C2)c(F)c1. The number of aromatic nitrogens is 2. The van der Waals surface area contributed by atoms with Gasteiger partial charge in [0.1, 0.15) is 22.9 Å². The highest BCUT2D eigenvalue weighted by atomic mass is 79.9. The van der Waals surface area contributed by atoms with Gasteiger partial charge in [-0.2, -0.15) is 8.78 Å². The van der Waals surface area contributed by atoms with E-state index in [1.165, 1.54) is 18.2 Å². The van der Waals surface area contributed by atoms with E-state index >= 15 is 4.39 Å². The highest BCUT2D eigenvalue weighted by Gasteiger charge is 2.27. The van der Waals surface area contributed by atoms with Gasteiger partial charge in [0.25, 0.3) is 5.91 Å². The predicted molar refractivity (Wildman–Crippen MR) is 152 cm³/mol. The number of fused-ring (bicyclic) bond motifs is 1. The molecule has 5 rings (SSSR count). The Bertz CT molecular complexity index is 1540. The van der Waals surface area contributed by atoms with Crippen molar-refractivity contribution >= 4 is 38.9 Å². The number of piperazine rings is 1. The summed E-state index contributed by atoms with van der Waals surface area (Å²) in [5.74, 6) is -0.549. The Labute approximate surface area is 238 Å². The lowest BCUT2D eigenvalue weighted by Crippen LogP contribution is -2.52. The van der Waals surface area contributed by atoms with Gasteiger partial charge < -0.3 is 19.9 Å². The van der Waals surface area contributed by atoms with E-state index in [2.05, 4.69) is 35.9 Å². The number of amides is 1. The van der Waals surface area contributed by atoms with Crippen molar-refractivity contribution in [3.8, 4) is 5.75 Å². The maximum absolute atomic E-state index is 15.2. The molecule has 0 saturated carbocycles. The highest BCUT2D eigenvalue weighted by molar-refractivity contribution is 9.10. The molecule has 0 spiro atoms. The van der Waals surface area contributed by atoms with E-state index in [0.29, 0.717) is 54.8 Å². The molecule has 1 atom stereocenters. The number of hydrogen-bond acceptors (Lipinski definition) is 5. The van der Waals surface area contributed by atoms with E-state index in [9.17, 15) is 13.6 Å². The smallest absolute Gasteiger partial charge is 0.394 e. The molecule has 0 unspecified atom stereocenters. The Morgan fingerprint density at radius 1 is 1.15 bits per heavy atom. The lowest BCUT2D eigenvalue weighted by molar-refractivity contribution is -0.158. The van der Waals surface area contributed by atoms with Gasteiger partial charge in [-0.15, -0.1) is 0 Å². The number of nitrogens with one attached hydrogen (secondary N) is 1. The molecular formula is C29H29BrF3N5O2. The zero-order chi connectivity index (χ0) is 28.6. The van der Waals surface area contributed by atoms with Crippen LogP contribution in [0.1, 0.15) is 35.6 Å². The van der Waals surface area contributed by atoms with Gasteiger partial charge in [-0.25, -0.2) is 9.37 Å². The number of nitrogens with zero attached hydrogens (tertiary/aromatic N) is 4. The number of carbonyl (C=O) groups is 1. The minimum absolute atomic E-state index is 0.0558. The molecule has 2 aromatic carbocycles. The number of benzene rings is 2. The van der Waals surface area contributed by atoms with Crippen molar-refractivity contribution in [3.63, 3.8) is 0 Å². The van der Waals surface area contributed by atoms with Crippen LogP contribution in [0.15, 0.2) is 65.3 Å². The van der Waals surface area contributed by atoms with Crippen molar-refractivity contribution in [1.29, 1.82) is 0 Å². The van der Waals surface area contributed by atoms with E-state index < -0.39 is 6.11 Å². The van der Waals surface area contributed by atoms with Crippen molar-refractivity contribution in [2.75, 3.05) is 29.4 Å². The van der Waals surface area contributed by atoms with Crippen LogP contribution in [0.25, 0.3) is 5.65 Å². The summed E-state index contributed by atoms with van der Waals surface area (Å²) in [6.07, 6.45) is -1.45. The summed E-state index contributed by atoms with van der Waals surface area (Å²) in [5.41, 5.74) is 3.75. The zero-order valence-electron chi connectivity index (χ0n) is 22.3. The van der Waals surface area contributed by atoms with Crippen LogP contribution >= 0.6 is 15.9 Å². The van der Waals surface area contributed by atoms with Crippen LogP contribution in [-0.4, -0.2) is 47.1 Å². The third kappa shape index (κ3) is 6.04. The normalized spacial score (nSPS) is 15.9. The number of rotatable bonds is 7. The van der Waals surface area contributed by atoms with E-state index in [1.807, 2.05) is 30.0 Å². The van der Waals surface area contributed by atoms with Crippen LogP contribution in [-0.2, 0) is 6.54 Å². The Morgan fingerprint density at radius 2 is 1.90 bits per heavy atom. The van der Waals surface area contributed by atoms with Gasteiger partial charge in [0.05, 0.1) is 11.4 Å². The molecule has 1 saturated heterocycles. The summed E-state index contributed by atoms with van der Waals surface area (Å²) in [7, 11) is 0. The molecule has 11 heteroatoms. The first-order chi connectivity index (χ1) is 19.0. The quantitative estimate of drug-likeness (QED) is 0.269. The second-order valence-electron chi connectivity index (χ2n) is 9.98. The highest BCUT2D eigenvalue weighted by Crippen LogP contribution is 2.29. The minimum Gasteiger partial charge on any atom is -0.433 e. The van der Waals surface area contributed by atoms with Gasteiger partial charge in [-0.1, -0.05) is 6.07 Å². The molecule has 1 aliphatic rings. The molecular weight excluding hydrogens is 587 g/mol. The van der Waals surface area contributed by atoms with Gasteiger partial charge in [0.2, 0.25) is 0 Å². The van der Waals surface area contributed by atoms with Gasteiger partial charge >= 0.3 is 6.11 Å². The van der Waals surface area contributed by atoms with Crippen molar-refractivity contribution in [2.45, 2.75) is 39.5 Å². The van der Waals surface area contributed by atoms with Gasteiger partial charge in [-0.3, -0.25) is 9.20 Å². The average Bonchev–Trinajstić information content (AvgIpc) is 3.22. The Morgan fingerprint density at radius 3 is 2.58 bits per heavy atom. The van der Waals surface area contributed by atoms with Crippen molar-refractivity contribution in [3.05, 3.63) is 88.0 Å². The second kappa shape index (κ2) is 11.0. The maximum atomic E-state index is 15.2. The molecule has 2 aromatic heterocycles. The second-order valence-corrected chi connectivity index (χ2v) is 10.9. The topological polar surface area (TPSA) is 62.1 Å². The number of alkyl halides is 2. The fraction of sp³-hybridized carbons (Fsp3) is 0.310. The van der Waals surface area contributed by atoms with Crippen molar-refractivity contribution < 1.29 is 22.7 Å². The van der Waals surface area contributed by atoms with Gasteiger partial charge in [-0.05, 0) is 83.9 Å². The molecule has 4 aromatic rings. The molecule has 1 fully saturated rings. The maximum Gasteiger partial charge on any atom is 0.394 e. The lowest BCUT2D eigenvalue weighted by atomic mass is 10.1. The number of carbonyl (C=O) groups excluding carboxylic acids is 1. The fourth-order valence-electron chi connectivity index (χ4n) is 5.07. The molecule has 0 bridgehead atoms. The summed E-state index contributed by atoms with van der Waals surface area (Å²) in [6, 6.07) is 15.3. The Hall–Kier alpha value is -3.73. The van der Waals surface area contributed by atoms with Crippen LogP contribution in [0, 0.1) is 12.7 Å². The molecule has 1 amide bonds. The third-order valence-electron chi connectivity index (χ3n) is 6.87. The minimum atomic E-state index is -3.24. The largest absolute Gasteiger partial charge is 0.433 e. The summed E-state index contributed by atoms with van der Waals surface area (Å²) in [5, 5.41) is 2.87. The van der Waals surface area contributed by atoms with Crippen molar-refractivity contribution in [2.24, 2.45) is 0 Å². The van der Waals surface area contributed by atoms with E-state index in [1.54, 1.807) is 35.7 Å². The number of pyridine rings is 1. The van der Waals surface area contributed by atoms with Crippen molar-refractivity contribution in [1.82, 2.24) is 14.7 Å². The van der Waals surface area contributed by atoms with Crippen LogP contribution in [0.5, 0.6) is 5.75 Å². The lowest BCUT2D eigenvalue weighted by Gasteiger charge is -2.42. The molecule has 1 aliphatic heterocycles. The van der Waals surface area contributed by atoms with Crippen LogP contribution < -0.4 is 19.9 Å². The van der Waals surface area contributed by atoms with Gasteiger partial charge in [0.15, 0.2) is 0 Å². The number of aryl methyl sites for hydroxylation is 1. The third-order valence-corrected chi connectivity index (χ3v) is 7.34. The number of anilines is 2. The summed E-state index contributed by atoms with van der Waals surface area (Å²) in [4.78, 5) is 21.5. The monoisotopic (exact) mass is 615 g/mol. The van der Waals surface area contributed by atoms with Crippen LogP contribution in [0.4, 0.5) is 24.5 Å². The summed E-state index contributed by atoms with van der Waals surface area (Å²) < 4.78 is 48.6. The molecule has 3 heterocycles. The Kier molecular flexibility index (Phi) is 7.67. The molecule has 0 radical (unpaired) electrons. The number of hydrogen-bond donors (Lipinski definition) is 1. The first kappa shape index (κ1) is 27.8. The number of ether oxygens (including phenoxy) is 1. The summed E-state index contributed by atoms with van der Waals surface area (Å²) in [6.45, 7) is 6.50. The van der Waals surface area contributed by atoms with E-state index in [0.717, 1.165) is 10.2 Å². The first-order valence-electron chi connectivity index (χ1n) is 12.9. The fourth-order valence-corrected chi connectivity index (χ4v) is 5.40. The number of halogens is 4. The van der Waals surface area contributed by atoms with Crippen LogP contribution in [0.2, 0.25) is 0 Å². The first-order valence-corrected chi connectivity index (χ1v) is 13.7. The van der Waals surface area contributed by atoms with Crippen LogP contribution in [0.3, 0.4) is 0 Å². The summed E-state index contributed by atoms with van der Waals surface area (Å²) >= 11 is 3.42. The predicted octanol–water partition coefficient (Wildman–Crippen LogP) is 6.18. The van der Waals surface area contributed by atoms with Gasteiger partial charge in [0, 0.05) is 55.5 Å². The van der Waals surface area contributed by atoms with E-state index in [4.69, 9.17) is 0 Å². The molecule has 1 N–H and O–H groups in total. The van der Waals surface area contributed by atoms with E-state index in [-0.39, 0.29) is 30.1 Å². The number of imidazole rings is 1. The molecule has 40 heavy (non-hydrogen) atoms. The Balaban J connectivity index is 1.21. The average molecular weight is 616 g/mol. The zero-order valence-corrected chi connectivity index (χ0v) is 23.9.